The summed E-state index contributed by atoms with van der Waals surface area (Å²) in [4.78, 5) is 61.4. The van der Waals surface area contributed by atoms with Crippen LogP contribution < -0.4 is 36.1 Å². The number of nitrogens with one attached hydrogen (secondary N) is 5. The number of carbonyl (C=O) groups is 4. The van der Waals surface area contributed by atoms with Crippen molar-refractivity contribution in [1.82, 2.24) is 25.6 Å². The summed E-state index contributed by atoms with van der Waals surface area (Å²) in [6.45, 7) is -3.53. The fraction of sp³-hybridized carbons (Fsp3) is 0.286. The maximum atomic E-state index is 12.9. The van der Waals surface area contributed by atoms with Crippen LogP contribution in [-0.4, -0.2) is 81.9 Å². The predicted molar refractivity (Wildman–Crippen MR) is 190 cm³/mol. The van der Waals surface area contributed by atoms with Crippen LogP contribution >= 0.6 is 11.6 Å². The van der Waals surface area contributed by atoms with Gasteiger partial charge in [0.2, 0.25) is 11.9 Å². The van der Waals surface area contributed by atoms with Crippen LogP contribution in [0.25, 0.3) is 0 Å². The van der Waals surface area contributed by atoms with Gasteiger partial charge in [-0.2, -0.15) is 41.3 Å². The van der Waals surface area contributed by atoms with Gasteiger partial charge < -0.3 is 41.2 Å². The van der Waals surface area contributed by atoms with E-state index in [0.29, 0.717) is 17.9 Å². The van der Waals surface area contributed by atoms with Crippen molar-refractivity contribution in [2.75, 3.05) is 35.7 Å². The number of aliphatic carboxylic acids is 1. The Labute approximate surface area is 323 Å². The van der Waals surface area contributed by atoms with E-state index in [0.717, 1.165) is 17.7 Å². The van der Waals surface area contributed by atoms with E-state index in [4.69, 9.17) is 16.3 Å². The van der Waals surface area contributed by atoms with Gasteiger partial charge in [-0.1, -0.05) is 23.7 Å². The predicted octanol–water partition coefficient (Wildman–Crippen LogP) is 5.58. The number of benzene rings is 3. The van der Waals surface area contributed by atoms with E-state index in [1.807, 2.05) is 0 Å². The lowest BCUT2D eigenvalue weighted by Crippen LogP contribution is -2.44. The molecule has 0 aliphatic heterocycles. The van der Waals surface area contributed by atoms with Crippen molar-refractivity contribution < 1.29 is 60.1 Å². The zero-order valence-electron chi connectivity index (χ0n) is 29.1. The first kappa shape index (κ1) is 41.8. The number of hydrogen-bond acceptors (Lipinski definition) is 11. The molecule has 22 heteroatoms. The largest absolute Gasteiger partial charge is 0.484 e. The molecule has 0 bridgehead atoms. The molecule has 0 radical (unpaired) electrons. The molecule has 4 aromatic rings. The normalized spacial score (nSPS) is 13.7. The molecule has 5 rings (SSSR count). The number of aromatic nitrogens is 3. The van der Waals surface area contributed by atoms with Crippen LogP contribution in [0.3, 0.4) is 0 Å². The van der Waals surface area contributed by atoms with Crippen LogP contribution in [0.2, 0.25) is 5.02 Å². The summed E-state index contributed by atoms with van der Waals surface area (Å²) in [5, 5.41) is 22.9. The molecular formula is C35H31ClF6N8O7. The number of carboxylic acids is 1. The van der Waals surface area contributed by atoms with Gasteiger partial charge >= 0.3 is 36.1 Å². The van der Waals surface area contributed by atoms with E-state index in [2.05, 4.69) is 46.3 Å². The van der Waals surface area contributed by atoms with Gasteiger partial charge in [0.05, 0.1) is 5.54 Å². The second kappa shape index (κ2) is 17.6. The second-order valence-corrected chi connectivity index (χ2v) is 12.8. The molecule has 1 atom stereocenters. The third-order valence-electron chi connectivity index (χ3n) is 7.92. The SMILES string of the molecule is O=C(NCC[C@H](NC(=O)c1ccc(Nc2nc(NC3(c4ccc(Cl)cc4)CC3)nc(OCC(F)(F)F)n2)cc1)C(=O)O)C(=O)Nc1ccc(OCC(F)(F)F)cc1. The molecule has 3 aromatic carbocycles. The van der Waals surface area contributed by atoms with Gasteiger partial charge in [0.1, 0.15) is 11.8 Å². The van der Waals surface area contributed by atoms with Crippen molar-refractivity contribution in [3.8, 4) is 11.8 Å². The molecule has 3 amide bonds. The maximum absolute atomic E-state index is 12.9. The van der Waals surface area contributed by atoms with Crippen LogP contribution in [-0.2, 0) is 19.9 Å². The van der Waals surface area contributed by atoms with Crippen LogP contribution in [0.4, 0.5) is 49.6 Å². The van der Waals surface area contributed by atoms with Crippen molar-refractivity contribution in [1.29, 1.82) is 0 Å². The summed E-state index contributed by atoms with van der Waals surface area (Å²) in [7, 11) is 0. The first-order valence-corrected chi connectivity index (χ1v) is 17.0. The van der Waals surface area contributed by atoms with Crippen molar-refractivity contribution in [3.05, 3.63) is 88.9 Å². The first-order chi connectivity index (χ1) is 26.9. The van der Waals surface area contributed by atoms with E-state index in [9.17, 15) is 50.6 Å². The summed E-state index contributed by atoms with van der Waals surface area (Å²) in [6, 6.07) is 15.0. The average molecular weight is 825 g/mol. The van der Waals surface area contributed by atoms with E-state index >= 15 is 0 Å². The highest BCUT2D eigenvalue weighted by atomic mass is 35.5. The molecule has 1 saturated carbocycles. The number of alkyl halides is 6. The molecule has 302 valence electrons. The number of ether oxygens (including phenoxy) is 2. The molecule has 6 N–H and O–H groups in total. The summed E-state index contributed by atoms with van der Waals surface area (Å²) in [5.41, 5.74) is 0.628. The summed E-state index contributed by atoms with van der Waals surface area (Å²) in [6.07, 6.45) is -8.20. The van der Waals surface area contributed by atoms with Gasteiger partial charge in [-0.15, -0.1) is 0 Å². The first-order valence-electron chi connectivity index (χ1n) is 16.7. The van der Waals surface area contributed by atoms with E-state index in [1.54, 1.807) is 24.3 Å². The standard InChI is InChI=1S/C35H31ClF6N8O7/c36-21-5-3-20(4-6-21)33(14-15-33)50-31-47-30(48-32(49-31)57-18-35(40,41)42)45-23-7-1-19(2-8-23)26(51)46-25(29(54)55)13-16-43-27(52)28(53)44-22-9-11-24(12-10-22)56-17-34(37,38)39/h1-12,25H,13-18H2,(H,43,52)(H,44,53)(H,46,51)(H,54,55)(H2,45,47,48,49,50)/t25-/m0/s1. The highest BCUT2D eigenvalue weighted by Gasteiger charge is 2.45. The molecule has 15 nitrogen and oxygen atoms in total. The highest BCUT2D eigenvalue weighted by Crippen LogP contribution is 2.48. The summed E-state index contributed by atoms with van der Waals surface area (Å²) < 4.78 is 85.1. The Morgan fingerprint density at radius 3 is 1.96 bits per heavy atom. The van der Waals surface area contributed by atoms with Gasteiger partial charge in [0.25, 0.3) is 5.91 Å². The number of anilines is 4. The lowest BCUT2D eigenvalue weighted by atomic mass is 10.1. The minimum Gasteiger partial charge on any atom is -0.484 e. The number of amides is 3. The third kappa shape index (κ3) is 12.8. The van der Waals surface area contributed by atoms with Crippen LogP contribution in [0.5, 0.6) is 11.8 Å². The Balaban J connectivity index is 1.15. The van der Waals surface area contributed by atoms with Crippen LogP contribution in [0.1, 0.15) is 35.2 Å². The van der Waals surface area contributed by atoms with Gasteiger partial charge in [-0.3, -0.25) is 14.4 Å². The third-order valence-corrected chi connectivity index (χ3v) is 8.18. The lowest BCUT2D eigenvalue weighted by molar-refractivity contribution is -0.155. The Bertz CT molecular complexity index is 2070. The molecule has 57 heavy (non-hydrogen) atoms. The quantitative estimate of drug-likeness (QED) is 0.0606. The lowest BCUT2D eigenvalue weighted by Gasteiger charge is -2.19. The number of nitrogens with zero attached hydrogens (tertiary/aromatic N) is 3. The molecule has 1 aliphatic carbocycles. The number of hydrogen-bond donors (Lipinski definition) is 6. The van der Waals surface area contributed by atoms with E-state index < -0.39 is 66.8 Å². The average Bonchev–Trinajstić information content (AvgIpc) is 3.93. The van der Waals surface area contributed by atoms with Crippen molar-refractivity contribution in [3.63, 3.8) is 0 Å². The fourth-order valence-electron chi connectivity index (χ4n) is 5.00. The van der Waals surface area contributed by atoms with Gasteiger partial charge in [0, 0.05) is 28.5 Å². The molecular weight excluding hydrogens is 794 g/mol. The minimum atomic E-state index is -4.67. The number of carboxylic acid groups (broad SMARTS) is 1. The maximum Gasteiger partial charge on any atom is 0.422 e. The molecule has 1 heterocycles. The fourth-order valence-corrected chi connectivity index (χ4v) is 5.13. The molecule has 0 unspecified atom stereocenters. The molecule has 0 spiro atoms. The Kier molecular flexibility index (Phi) is 12.9. The highest BCUT2D eigenvalue weighted by molar-refractivity contribution is 6.39. The smallest absolute Gasteiger partial charge is 0.422 e. The van der Waals surface area contributed by atoms with Crippen molar-refractivity contribution in [2.45, 2.75) is 43.2 Å². The van der Waals surface area contributed by atoms with E-state index in [-0.39, 0.29) is 47.5 Å². The Hall–Kier alpha value is -6.38. The minimum absolute atomic E-state index is 0.0101. The second-order valence-electron chi connectivity index (χ2n) is 12.4. The number of halogens is 7. The molecule has 1 aromatic heterocycles. The number of carbonyl (C=O) groups excluding carboxylic acids is 3. The monoisotopic (exact) mass is 824 g/mol. The zero-order chi connectivity index (χ0) is 41.4. The van der Waals surface area contributed by atoms with Gasteiger partial charge in [-0.25, -0.2) is 4.79 Å². The molecule has 1 aliphatic rings. The van der Waals surface area contributed by atoms with Crippen molar-refractivity contribution >= 4 is 58.6 Å². The van der Waals surface area contributed by atoms with E-state index in [1.165, 1.54) is 36.4 Å². The van der Waals surface area contributed by atoms with Gasteiger partial charge in [0.15, 0.2) is 13.2 Å². The number of rotatable bonds is 16. The summed E-state index contributed by atoms with van der Waals surface area (Å²) in [5.74, 6) is -4.95. The summed E-state index contributed by atoms with van der Waals surface area (Å²) >= 11 is 6.01. The zero-order valence-corrected chi connectivity index (χ0v) is 29.9. The van der Waals surface area contributed by atoms with Crippen LogP contribution in [0, 0.1) is 0 Å². The molecule has 1 fully saturated rings. The van der Waals surface area contributed by atoms with Crippen LogP contribution in [0.15, 0.2) is 72.8 Å². The molecule has 0 saturated heterocycles. The Morgan fingerprint density at radius 2 is 1.37 bits per heavy atom. The van der Waals surface area contributed by atoms with Crippen molar-refractivity contribution in [2.24, 2.45) is 0 Å². The van der Waals surface area contributed by atoms with Gasteiger partial charge in [-0.05, 0) is 85.5 Å². The topological polar surface area (TPSA) is 206 Å². The Morgan fingerprint density at radius 1 is 0.772 bits per heavy atom.